The van der Waals surface area contributed by atoms with Crippen LogP contribution in [0.25, 0.3) is 0 Å². The zero-order chi connectivity index (χ0) is 15.9. The second-order valence-electron chi connectivity index (χ2n) is 5.58. The monoisotopic (exact) mass is 304 g/mol. The van der Waals surface area contributed by atoms with E-state index in [0.29, 0.717) is 6.61 Å². The number of amides is 3. The van der Waals surface area contributed by atoms with Crippen LogP contribution in [0, 0.1) is 0 Å². The molecule has 0 spiro atoms. The van der Waals surface area contributed by atoms with Crippen LogP contribution < -0.4 is 5.43 Å². The summed E-state index contributed by atoms with van der Waals surface area (Å²) in [5, 5.41) is 0.731. The lowest BCUT2D eigenvalue weighted by Gasteiger charge is -2.23. The summed E-state index contributed by atoms with van der Waals surface area (Å²) in [6.45, 7) is 3.89. The minimum atomic E-state index is -1.04. The molecule has 3 rings (SSSR count). The molecule has 1 aromatic rings. The largest absolute Gasteiger partial charge is 0.347 e. The van der Waals surface area contributed by atoms with Crippen LogP contribution in [0.1, 0.15) is 41.0 Å². The molecule has 2 aliphatic rings. The zero-order valence-corrected chi connectivity index (χ0v) is 12.3. The van der Waals surface area contributed by atoms with E-state index in [0.717, 1.165) is 5.01 Å². The van der Waals surface area contributed by atoms with Crippen molar-refractivity contribution in [2.75, 3.05) is 6.61 Å². The Bertz CT molecular complexity index is 624. The highest BCUT2D eigenvalue weighted by Gasteiger charge is 2.40. The van der Waals surface area contributed by atoms with Gasteiger partial charge >= 0.3 is 0 Å². The number of nitrogens with zero attached hydrogens (tertiary/aromatic N) is 1. The highest BCUT2D eigenvalue weighted by atomic mass is 16.7. The molecule has 7 heteroatoms. The Labute approximate surface area is 127 Å². The topological polar surface area (TPSA) is 84.9 Å². The molecule has 7 nitrogen and oxygen atoms in total. The third-order valence-electron chi connectivity index (χ3n) is 3.59. The van der Waals surface area contributed by atoms with Gasteiger partial charge in [-0.2, -0.15) is 5.01 Å². The van der Waals surface area contributed by atoms with Gasteiger partial charge in [-0.15, -0.1) is 0 Å². The molecule has 0 radical (unpaired) electrons. The molecule has 0 saturated carbocycles. The average Bonchev–Trinajstić information content (AvgIpc) is 2.92. The first-order valence-corrected chi connectivity index (χ1v) is 6.99. The Kier molecular flexibility index (Phi) is 3.46. The van der Waals surface area contributed by atoms with Gasteiger partial charge in [0.25, 0.3) is 11.8 Å². The predicted molar refractivity (Wildman–Crippen MR) is 74.6 cm³/mol. The maximum absolute atomic E-state index is 12.1. The summed E-state index contributed by atoms with van der Waals surface area (Å²) in [6, 6.07) is 6.43. The fraction of sp³-hybridized carbons (Fsp3) is 0.400. The molecular formula is C15H16N2O5. The van der Waals surface area contributed by atoms with Crippen molar-refractivity contribution >= 4 is 17.7 Å². The number of rotatable bonds is 3. The number of fused-ring (bicyclic) bond motifs is 1. The third-order valence-corrected chi connectivity index (χ3v) is 3.59. The molecule has 1 saturated heterocycles. The van der Waals surface area contributed by atoms with E-state index in [1.54, 1.807) is 31.2 Å². The summed E-state index contributed by atoms with van der Waals surface area (Å²) >= 11 is 0. The van der Waals surface area contributed by atoms with E-state index in [9.17, 15) is 14.4 Å². The maximum Gasteiger partial charge on any atom is 0.280 e. The van der Waals surface area contributed by atoms with Crippen molar-refractivity contribution < 1.29 is 23.9 Å². The van der Waals surface area contributed by atoms with Gasteiger partial charge in [0, 0.05) is 0 Å². The Hall–Kier alpha value is -2.25. The number of hydrogen-bond donors (Lipinski definition) is 1. The number of carbonyl (C=O) groups is 3. The van der Waals surface area contributed by atoms with Crippen LogP contribution in [0.5, 0.6) is 0 Å². The molecule has 0 aromatic heterocycles. The van der Waals surface area contributed by atoms with Crippen LogP contribution in [0.3, 0.4) is 0 Å². The SMILES string of the molecule is C[C@H]1CO[C@@](C)(CC(=O)NN2C(=O)c3ccccc3C2=O)O1. The molecule has 2 heterocycles. The summed E-state index contributed by atoms with van der Waals surface area (Å²) in [4.78, 5) is 36.4. The van der Waals surface area contributed by atoms with Crippen LogP contribution in [0.2, 0.25) is 0 Å². The van der Waals surface area contributed by atoms with Crippen molar-refractivity contribution in [1.29, 1.82) is 0 Å². The fourth-order valence-corrected chi connectivity index (χ4v) is 2.63. The fourth-order valence-electron chi connectivity index (χ4n) is 2.63. The summed E-state index contributed by atoms with van der Waals surface area (Å²) in [6.07, 6.45) is -0.206. The van der Waals surface area contributed by atoms with Crippen molar-refractivity contribution in [3.63, 3.8) is 0 Å². The highest BCUT2D eigenvalue weighted by molar-refractivity contribution is 6.21. The van der Waals surface area contributed by atoms with E-state index in [1.165, 1.54) is 0 Å². The summed E-state index contributed by atoms with van der Waals surface area (Å²) in [5.74, 6) is -2.64. The van der Waals surface area contributed by atoms with Crippen molar-refractivity contribution in [2.24, 2.45) is 0 Å². The van der Waals surface area contributed by atoms with E-state index in [-0.39, 0.29) is 23.7 Å². The lowest BCUT2D eigenvalue weighted by molar-refractivity contribution is -0.167. The van der Waals surface area contributed by atoms with Gasteiger partial charge in [-0.3, -0.25) is 19.8 Å². The molecule has 3 amide bonds. The number of ether oxygens (including phenoxy) is 2. The van der Waals surface area contributed by atoms with Gasteiger partial charge in [0.2, 0.25) is 5.91 Å². The number of carbonyl (C=O) groups excluding carboxylic acids is 3. The van der Waals surface area contributed by atoms with Crippen LogP contribution in [-0.2, 0) is 14.3 Å². The van der Waals surface area contributed by atoms with Gasteiger partial charge in [-0.1, -0.05) is 12.1 Å². The second kappa shape index (κ2) is 5.19. The van der Waals surface area contributed by atoms with Crippen LogP contribution in [0.4, 0.5) is 0 Å². The van der Waals surface area contributed by atoms with E-state index < -0.39 is 23.5 Å². The van der Waals surface area contributed by atoms with Gasteiger partial charge in [-0.05, 0) is 26.0 Å². The van der Waals surface area contributed by atoms with Gasteiger partial charge < -0.3 is 9.47 Å². The minimum absolute atomic E-state index is 0.0999. The number of benzene rings is 1. The Morgan fingerprint density at radius 3 is 2.41 bits per heavy atom. The first-order chi connectivity index (χ1) is 10.4. The van der Waals surface area contributed by atoms with Crippen molar-refractivity contribution in [3.8, 4) is 0 Å². The standard InChI is InChI=1S/C15H16N2O5/c1-9-8-21-15(2,22-9)7-12(18)16-17-13(19)10-5-3-4-6-11(10)14(17)20/h3-6,9H,7-8H2,1-2H3,(H,16,18)/t9-,15+/m0/s1. The highest BCUT2D eigenvalue weighted by Crippen LogP contribution is 2.27. The first-order valence-electron chi connectivity index (χ1n) is 6.99. The van der Waals surface area contributed by atoms with E-state index in [4.69, 9.17) is 9.47 Å². The number of imide groups is 1. The number of hydrazine groups is 1. The van der Waals surface area contributed by atoms with E-state index >= 15 is 0 Å². The normalized spacial score (nSPS) is 27.2. The van der Waals surface area contributed by atoms with Crippen molar-refractivity contribution in [1.82, 2.24) is 10.4 Å². The van der Waals surface area contributed by atoms with Gasteiger partial charge in [0.15, 0.2) is 5.79 Å². The predicted octanol–water partition coefficient (Wildman–Crippen LogP) is 0.855. The third kappa shape index (κ3) is 2.49. The Morgan fingerprint density at radius 1 is 1.32 bits per heavy atom. The van der Waals surface area contributed by atoms with Crippen LogP contribution in [0.15, 0.2) is 24.3 Å². The summed E-state index contributed by atoms with van der Waals surface area (Å²) in [7, 11) is 0. The van der Waals surface area contributed by atoms with Gasteiger partial charge in [0.05, 0.1) is 30.3 Å². The quantitative estimate of drug-likeness (QED) is 0.837. The average molecular weight is 304 g/mol. The molecule has 2 aliphatic heterocycles. The van der Waals surface area contributed by atoms with Crippen LogP contribution in [-0.4, -0.2) is 41.2 Å². The molecule has 0 aliphatic carbocycles. The Balaban J connectivity index is 1.68. The maximum atomic E-state index is 12.1. The van der Waals surface area contributed by atoms with Gasteiger partial charge in [-0.25, -0.2) is 0 Å². The summed E-state index contributed by atoms with van der Waals surface area (Å²) < 4.78 is 11.0. The van der Waals surface area contributed by atoms with E-state index in [2.05, 4.69) is 5.43 Å². The molecule has 22 heavy (non-hydrogen) atoms. The second-order valence-corrected chi connectivity index (χ2v) is 5.58. The molecule has 2 atom stereocenters. The molecule has 1 N–H and O–H groups in total. The molecule has 116 valence electrons. The Morgan fingerprint density at radius 2 is 1.91 bits per heavy atom. The molecule has 1 aromatic carbocycles. The zero-order valence-electron chi connectivity index (χ0n) is 12.3. The van der Waals surface area contributed by atoms with Crippen molar-refractivity contribution in [3.05, 3.63) is 35.4 Å². The van der Waals surface area contributed by atoms with Gasteiger partial charge in [0.1, 0.15) is 0 Å². The lowest BCUT2D eigenvalue weighted by Crippen LogP contribution is -2.48. The molecule has 0 unspecified atom stereocenters. The minimum Gasteiger partial charge on any atom is -0.347 e. The molecular weight excluding hydrogens is 288 g/mol. The van der Waals surface area contributed by atoms with E-state index in [1.807, 2.05) is 6.92 Å². The number of nitrogens with one attached hydrogen (secondary N) is 1. The smallest absolute Gasteiger partial charge is 0.280 e. The summed E-state index contributed by atoms with van der Waals surface area (Å²) in [5.41, 5.74) is 2.88. The van der Waals surface area contributed by atoms with Crippen LogP contribution >= 0.6 is 0 Å². The first kappa shape index (κ1) is 14.7. The van der Waals surface area contributed by atoms with Crippen molar-refractivity contribution in [2.45, 2.75) is 32.2 Å². The number of hydrogen-bond acceptors (Lipinski definition) is 5. The lowest BCUT2D eigenvalue weighted by atomic mass is 10.1. The molecule has 0 bridgehead atoms. The molecule has 1 fully saturated rings.